The Morgan fingerprint density at radius 1 is 0.744 bits per heavy atom. The van der Waals surface area contributed by atoms with Crippen molar-refractivity contribution in [2.45, 2.75) is 44.9 Å². The molecule has 2 unspecified atom stereocenters. The van der Waals surface area contributed by atoms with Gasteiger partial charge in [-0.05, 0) is 101 Å². The first kappa shape index (κ1) is 23.4. The Kier molecular flexibility index (Phi) is 4.43. The van der Waals surface area contributed by atoms with Crippen LogP contribution in [0.5, 0.6) is 0 Å². The number of carbonyl (C=O) groups excluding carboxylic acids is 3. The normalized spacial score (nSPS) is 35.7. The summed E-state index contributed by atoms with van der Waals surface area (Å²) in [4.78, 5) is 41.7. The molecule has 4 bridgehead atoms. The predicted molar refractivity (Wildman–Crippen MR) is 149 cm³/mol. The maximum Gasteiger partial charge on any atom is 0.310 e. The van der Waals surface area contributed by atoms with E-state index in [0.29, 0.717) is 0 Å². The van der Waals surface area contributed by atoms with Crippen molar-refractivity contribution in [2.24, 2.45) is 35.5 Å². The molecule has 3 saturated carbocycles. The third-order valence-corrected chi connectivity index (χ3v) is 11.3. The van der Waals surface area contributed by atoms with Crippen molar-refractivity contribution in [3.63, 3.8) is 0 Å². The van der Waals surface area contributed by atoms with E-state index in [4.69, 9.17) is 9.47 Å². The molecule has 5 heteroatoms. The SMILES string of the molecule is CCOC(=O)[C@H]1[C@H](C(=O)OCC)[C@H]2C[C@@H]1C1C2[C@]2(C)C(=O)[C@@]1(C)c1c2c2cccc3ccc4cccc1c4c32. The summed E-state index contributed by atoms with van der Waals surface area (Å²) in [6.45, 7) is 8.40. The van der Waals surface area contributed by atoms with E-state index in [1.807, 2.05) is 0 Å². The van der Waals surface area contributed by atoms with Crippen LogP contribution in [0.15, 0.2) is 48.5 Å². The number of esters is 2. The lowest BCUT2D eigenvalue weighted by molar-refractivity contribution is -0.166. The molecule has 0 spiro atoms. The van der Waals surface area contributed by atoms with Gasteiger partial charge in [-0.2, -0.15) is 0 Å². The Bertz CT molecular complexity index is 1630. The molecule has 8 rings (SSSR count). The summed E-state index contributed by atoms with van der Waals surface area (Å²) in [6, 6.07) is 17.2. The highest BCUT2D eigenvalue weighted by Crippen LogP contribution is 2.77. The molecule has 0 saturated heterocycles. The molecule has 8 atom stereocenters. The summed E-state index contributed by atoms with van der Waals surface area (Å²) in [5.74, 6) is -1.74. The van der Waals surface area contributed by atoms with Crippen molar-refractivity contribution in [3.8, 4) is 0 Å². The van der Waals surface area contributed by atoms with Gasteiger partial charge in [0.1, 0.15) is 0 Å². The van der Waals surface area contributed by atoms with Crippen LogP contribution in [-0.2, 0) is 34.7 Å². The Labute approximate surface area is 227 Å². The van der Waals surface area contributed by atoms with Gasteiger partial charge in [-0.3, -0.25) is 14.4 Å². The van der Waals surface area contributed by atoms with Crippen LogP contribution in [0.1, 0.15) is 45.2 Å². The smallest absolute Gasteiger partial charge is 0.310 e. The zero-order chi connectivity index (χ0) is 27.0. The lowest BCUT2D eigenvalue weighted by atomic mass is 9.54. The first-order valence-electron chi connectivity index (χ1n) is 14.4. The van der Waals surface area contributed by atoms with Crippen molar-refractivity contribution < 1.29 is 23.9 Å². The highest BCUT2D eigenvalue weighted by Gasteiger charge is 2.80. The van der Waals surface area contributed by atoms with E-state index in [2.05, 4.69) is 62.4 Å². The first-order valence-corrected chi connectivity index (χ1v) is 14.4. The topological polar surface area (TPSA) is 69.7 Å². The van der Waals surface area contributed by atoms with E-state index >= 15 is 0 Å². The Morgan fingerprint density at radius 3 is 1.59 bits per heavy atom. The zero-order valence-corrected chi connectivity index (χ0v) is 22.7. The average Bonchev–Trinajstić information content (AvgIpc) is 3.61. The van der Waals surface area contributed by atoms with E-state index in [-0.39, 0.29) is 54.6 Å². The van der Waals surface area contributed by atoms with Gasteiger partial charge >= 0.3 is 11.9 Å². The van der Waals surface area contributed by atoms with Crippen molar-refractivity contribution in [1.82, 2.24) is 0 Å². The highest BCUT2D eigenvalue weighted by molar-refractivity contribution is 6.28. The van der Waals surface area contributed by atoms with Gasteiger partial charge in [0.05, 0.1) is 35.9 Å². The third kappa shape index (κ3) is 2.39. The Morgan fingerprint density at radius 2 is 1.18 bits per heavy atom. The molecular weight excluding hydrogens is 488 g/mol. The quantitative estimate of drug-likeness (QED) is 0.189. The maximum absolute atomic E-state index is 14.8. The molecule has 0 amide bonds. The molecule has 0 aromatic heterocycles. The lowest BCUT2D eigenvalue weighted by Crippen LogP contribution is -2.50. The summed E-state index contributed by atoms with van der Waals surface area (Å²) in [5, 5.41) is 7.11. The van der Waals surface area contributed by atoms with Gasteiger partial charge in [0, 0.05) is 0 Å². The Hall–Kier alpha value is -3.47. The van der Waals surface area contributed by atoms with Gasteiger partial charge in [0.2, 0.25) is 0 Å². The fraction of sp³-hybridized carbons (Fsp3) is 0.441. The second-order valence-corrected chi connectivity index (χ2v) is 12.5. The van der Waals surface area contributed by atoms with E-state index in [1.165, 1.54) is 21.5 Å². The molecule has 39 heavy (non-hydrogen) atoms. The van der Waals surface area contributed by atoms with Gasteiger partial charge in [0.15, 0.2) is 5.78 Å². The van der Waals surface area contributed by atoms with Crippen molar-refractivity contribution >= 4 is 50.0 Å². The minimum Gasteiger partial charge on any atom is -0.466 e. The number of Topliss-reactive ketones (excluding diaryl/α,β-unsaturated/α-hetero) is 1. The molecular formula is C34H32O5. The van der Waals surface area contributed by atoms with Crippen LogP contribution < -0.4 is 0 Å². The van der Waals surface area contributed by atoms with E-state index in [0.717, 1.165) is 28.3 Å². The molecule has 0 N–H and O–H groups in total. The molecule has 0 aliphatic heterocycles. The number of benzene rings is 4. The molecule has 4 aromatic carbocycles. The Balaban J connectivity index is 1.44. The van der Waals surface area contributed by atoms with Crippen LogP contribution in [0.25, 0.3) is 32.3 Å². The number of rotatable bonds is 4. The number of ether oxygens (including phenoxy) is 2. The number of ketones is 1. The molecule has 3 fully saturated rings. The predicted octanol–water partition coefficient (Wildman–Crippen LogP) is 5.94. The molecule has 0 radical (unpaired) electrons. The summed E-state index contributed by atoms with van der Waals surface area (Å²) in [5.41, 5.74) is 0.831. The van der Waals surface area contributed by atoms with Crippen molar-refractivity contribution in [1.29, 1.82) is 0 Å². The van der Waals surface area contributed by atoms with Gasteiger partial charge in [-0.1, -0.05) is 48.5 Å². The van der Waals surface area contributed by atoms with Gasteiger partial charge < -0.3 is 9.47 Å². The fourth-order valence-electron chi connectivity index (χ4n) is 10.4. The van der Waals surface area contributed by atoms with Crippen LogP contribution >= 0.6 is 0 Å². The average molecular weight is 521 g/mol. The minimum atomic E-state index is -0.734. The zero-order valence-electron chi connectivity index (χ0n) is 22.7. The molecule has 0 heterocycles. The van der Waals surface area contributed by atoms with E-state index < -0.39 is 22.7 Å². The summed E-state index contributed by atoms with van der Waals surface area (Å²) in [6.07, 6.45) is 0.753. The second-order valence-electron chi connectivity index (χ2n) is 12.5. The van der Waals surface area contributed by atoms with Crippen LogP contribution in [0.3, 0.4) is 0 Å². The summed E-state index contributed by atoms with van der Waals surface area (Å²) >= 11 is 0. The molecule has 198 valence electrons. The largest absolute Gasteiger partial charge is 0.466 e. The van der Waals surface area contributed by atoms with Gasteiger partial charge in [-0.25, -0.2) is 0 Å². The summed E-state index contributed by atoms with van der Waals surface area (Å²) in [7, 11) is 0. The highest BCUT2D eigenvalue weighted by atomic mass is 16.5. The van der Waals surface area contributed by atoms with Crippen LogP contribution in [0.4, 0.5) is 0 Å². The standard InChI is InChI=1S/C34H32O5/c1-5-38-30(35)24-20-15-21(25(24)31(36)39-6-2)29-28(20)33(3)26-18-11-7-9-16-13-14-17-10-8-12-19(23(17)22(16)18)27(26)34(29,4)32(33)37/h7-14,20-21,24-25,28-29H,5-6,15H2,1-4H3/t20-,21+,24-,25-,28?,29?,33-,34+/m1/s1. The minimum absolute atomic E-state index is 0.0152. The lowest BCUT2D eigenvalue weighted by Gasteiger charge is -2.47. The maximum atomic E-state index is 14.8. The van der Waals surface area contributed by atoms with Crippen molar-refractivity contribution in [3.05, 3.63) is 59.7 Å². The van der Waals surface area contributed by atoms with Crippen molar-refractivity contribution in [2.75, 3.05) is 13.2 Å². The number of fused-ring (bicyclic) bond motifs is 14. The van der Waals surface area contributed by atoms with Crippen LogP contribution in [0.2, 0.25) is 0 Å². The molecule has 4 aromatic rings. The molecule has 4 aliphatic rings. The van der Waals surface area contributed by atoms with E-state index in [9.17, 15) is 14.4 Å². The summed E-state index contributed by atoms with van der Waals surface area (Å²) < 4.78 is 11.1. The van der Waals surface area contributed by atoms with Gasteiger partial charge in [0.25, 0.3) is 0 Å². The number of hydrogen-bond acceptors (Lipinski definition) is 5. The first-order chi connectivity index (χ1) is 18.8. The molecule has 4 aliphatic carbocycles. The van der Waals surface area contributed by atoms with E-state index in [1.54, 1.807) is 13.8 Å². The van der Waals surface area contributed by atoms with Gasteiger partial charge in [-0.15, -0.1) is 0 Å². The van der Waals surface area contributed by atoms with Crippen LogP contribution in [-0.4, -0.2) is 30.9 Å². The fourth-order valence-corrected chi connectivity index (χ4v) is 10.4. The molecule has 5 nitrogen and oxygen atoms in total. The van der Waals surface area contributed by atoms with Crippen LogP contribution in [0, 0.1) is 35.5 Å². The number of hydrogen-bond donors (Lipinski definition) is 0. The second kappa shape index (κ2) is 7.38. The monoisotopic (exact) mass is 520 g/mol. The number of carbonyl (C=O) groups is 3. The third-order valence-electron chi connectivity index (χ3n) is 11.3.